The van der Waals surface area contributed by atoms with Crippen molar-refractivity contribution < 1.29 is 9.53 Å². The van der Waals surface area contributed by atoms with E-state index >= 15 is 0 Å². The first kappa shape index (κ1) is 8.53. The normalized spacial score (nSPS) is 23.9. The van der Waals surface area contributed by atoms with Gasteiger partial charge in [-0.25, -0.2) is 0 Å². The third-order valence-electron chi connectivity index (χ3n) is 2.03. The van der Waals surface area contributed by atoms with Crippen LogP contribution in [0, 0.1) is 0 Å². The number of morpholine rings is 1. The summed E-state index contributed by atoms with van der Waals surface area (Å²) in [5, 5.41) is 0. The predicted octanol–water partition coefficient (Wildman–Crippen LogP) is 0.644. The molecule has 0 atom stereocenters. The maximum absolute atomic E-state index is 11.2. The topological polar surface area (TPSA) is 29.5 Å². The molecule has 0 saturated carbocycles. The predicted molar refractivity (Wildman–Crippen MR) is 42.3 cm³/mol. The largest absolute Gasteiger partial charge is 0.369 e. The molecule has 1 heterocycles. The Morgan fingerprint density at radius 2 is 2.27 bits per heavy atom. The summed E-state index contributed by atoms with van der Waals surface area (Å²) in [4.78, 5) is 13.1. The lowest BCUT2D eigenvalue weighted by atomic mass is 10.0. The van der Waals surface area contributed by atoms with Gasteiger partial charge < -0.3 is 9.64 Å². The van der Waals surface area contributed by atoms with E-state index < -0.39 is 0 Å². The summed E-state index contributed by atoms with van der Waals surface area (Å²) in [5.41, 5.74) is -0.121. The van der Waals surface area contributed by atoms with Crippen molar-refractivity contribution in [3.8, 4) is 0 Å². The number of hydrogen-bond donors (Lipinski definition) is 0. The average Bonchev–Trinajstić information content (AvgIpc) is 1.86. The number of carbonyl (C=O) groups excluding carboxylic acids is 1. The van der Waals surface area contributed by atoms with Crippen LogP contribution in [-0.2, 0) is 9.53 Å². The van der Waals surface area contributed by atoms with Crippen LogP contribution in [0.3, 0.4) is 0 Å². The lowest BCUT2D eigenvalue weighted by molar-refractivity contribution is -0.154. The minimum Gasteiger partial charge on any atom is -0.369 e. The first-order valence-electron chi connectivity index (χ1n) is 3.96. The van der Waals surface area contributed by atoms with Gasteiger partial charge in [0.2, 0.25) is 5.91 Å². The lowest BCUT2D eigenvalue weighted by Crippen LogP contribution is -2.55. The molecule has 0 aliphatic carbocycles. The zero-order chi connectivity index (χ0) is 8.48. The van der Waals surface area contributed by atoms with Crippen molar-refractivity contribution in [1.29, 1.82) is 0 Å². The number of carbonyl (C=O) groups is 1. The van der Waals surface area contributed by atoms with Crippen molar-refractivity contribution in [3.05, 3.63) is 0 Å². The van der Waals surface area contributed by atoms with E-state index in [9.17, 15) is 4.79 Å². The fraction of sp³-hybridized carbons (Fsp3) is 0.875. The minimum atomic E-state index is -0.121. The standard InChI is InChI=1S/C8H15NO2/c1-4-9-7(10)5-11-6-8(9,2)3/h4-6H2,1-3H3. The fourth-order valence-corrected chi connectivity index (χ4v) is 1.49. The smallest absolute Gasteiger partial charge is 0.249 e. The van der Waals surface area contributed by atoms with Crippen LogP contribution in [0.25, 0.3) is 0 Å². The zero-order valence-electron chi connectivity index (χ0n) is 7.39. The Morgan fingerprint density at radius 1 is 1.64 bits per heavy atom. The second-order valence-electron chi connectivity index (χ2n) is 3.44. The highest BCUT2D eigenvalue weighted by molar-refractivity contribution is 5.78. The lowest BCUT2D eigenvalue weighted by Gasteiger charge is -2.41. The maximum atomic E-state index is 11.2. The highest BCUT2D eigenvalue weighted by Crippen LogP contribution is 2.18. The molecule has 0 N–H and O–H groups in total. The summed E-state index contributed by atoms with van der Waals surface area (Å²) in [6.07, 6.45) is 0. The summed E-state index contributed by atoms with van der Waals surface area (Å²) in [6, 6.07) is 0. The van der Waals surface area contributed by atoms with E-state index in [1.54, 1.807) is 0 Å². The van der Waals surface area contributed by atoms with E-state index in [-0.39, 0.29) is 18.1 Å². The molecule has 1 amide bonds. The van der Waals surface area contributed by atoms with Gasteiger partial charge in [-0.15, -0.1) is 0 Å². The summed E-state index contributed by atoms with van der Waals surface area (Å²) in [5.74, 6) is 0.101. The van der Waals surface area contributed by atoms with Gasteiger partial charge >= 0.3 is 0 Å². The molecule has 11 heavy (non-hydrogen) atoms. The molecule has 0 aromatic heterocycles. The Labute approximate surface area is 67.3 Å². The summed E-state index contributed by atoms with van der Waals surface area (Å²) < 4.78 is 5.14. The maximum Gasteiger partial charge on any atom is 0.249 e. The second-order valence-corrected chi connectivity index (χ2v) is 3.44. The van der Waals surface area contributed by atoms with E-state index in [2.05, 4.69) is 0 Å². The number of ether oxygens (including phenoxy) is 1. The van der Waals surface area contributed by atoms with Gasteiger partial charge in [0.15, 0.2) is 0 Å². The van der Waals surface area contributed by atoms with Crippen LogP contribution < -0.4 is 0 Å². The van der Waals surface area contributed by atoms with Crippen molar-refractivity contribution in [2.45, 2.75) is 26.3 Å². The van der Waals surface area contributed by atoms with Crippen molar-refractivity contribution in [2.24, 2.45) is 0 Å². The van der Waals surface area contributed by atoms with Gasteiger partial charge in [-0.05, 0) is 20.8 Å². The van der Waals surface area contributed by atoms with Gasteiger partial charge in [-0.3, -0.25) is 4.79 Å². The molecular formula is C8H15NO2. The molecule has 0 radical (unpaired) electrons. The Balaban J connectivity index is 2.72. The van der Waals surface area contributed by atoms with Gasteiger partial charge in [-0.2, -0.15) is 0 Å². The Hall–Kier alpha value is -0.570. The molecule has 0 unspecified atom stereocenters. The molecule has 1 saturated heterocycles. The molecule has 0 spiro atoms. The molecule has 64 valence electrons. The first-order valence-corrected chi connectivity index (χ1v) is 3.96. The van der Waals surface area contributed by atoms with Crippen molar-refractivity contribution in [1.82, 2.24) is 4.90 Å². The molecule has 1 aliphatic heterocycles. The average molecular weight is 157 g/mol. The molecule has 0 aromatic carbocycles. The second kappa shape index (κ2) is 2.81. The SMILES string of the molecule is CCN1C(=O)COCC1(C)C. The van der Waals surface area contributed by atoms with Gasteiger partial charge in [0.1, 0.15) is 6.61 Å². The molecule has 3 nitrogen and oxygen atoms in total. The van der Waals surface area contributed by atoms with E-state index in [0.29, 0.717) is 6.61 Å². The third-order valence-corrected chi connectivity index (χ3v) is 2.03. The van der Waals surface area contributed by atoms with E-state index in [0.717, 1.165) is 6.54 Å². The van der Waals surface area contributed by atoms with E-state index in [1.807, 2.05) is 25.7 Å². The number of nitrogens with zero attached hydrogens (tertiary/aromatic N) is 1. The monoisotopic (exact) mass is 157 g/mol. The van der Waals surface area contributed by atoms with Crippen molar-refractivity contribution in [2.75, 3.05) is 19.8 Å². The Morgan fingerprint density at radius 3 is 2.64 bits per heavy atom. The molecule has 0 bridgehead atoms. The van der Waals surface area contributed by atoms with Crippen LogP contribution in [-0.4, -0.2) is 36.1 Å². The van der Waals surface area contributed by atoms with Crippen LogP contribution in [0.4, 0.5) is 0 Å². The molecule has 0 aromatic rings. The Kier molecular flexibility index (Phi) is 2.18. The number of hydrogen-bond acceptors (Lipinski definition) is 2. The van der Waals surface area contributed by atoms with E-state index in [1.165, 1.54) is 0 Å². The van der Waals surface area contributed by atoms with Crippen molar-refractivity contribution >= 4 is 5.91 Å². The highest BCUT2D eigenvalue weighted by atomic mass is 16.5. The Bertz CT molecular complexity index is 165. The van der Waals surface area contributed by atoms with Gasteiger partial charge in [-0.1, -0.05) is 0 Å². The molecule has 1 aliphatic rings. The van der Waals surface area contributed by atoms with Gasteiger partial charge in [0, 0.05) is 6.54 Å². The fourth-order valence-electron chi connectivity index (χ4n) is 1.49. The zero-order valence-corrected chi connectivity index (χ0v) is 7.39. The number of likely N-dealkylation sites (N-methyl/N-ethyl adjacent to an activating group) is 1. The molecule has 1 rings (SSSR count). The van der Waals surface area contributed by atoms with Crippen molar-refractivity contribution in [3.63, 3.8) is 0 Å². The van der Waals surface area contributed by atoms with Crippen LogP contribution in [0.1, 0.15) is 20.8 Å². The van der Waals surface area contributed by atoms with Gasteiger partial charge in [0.25, 0.3) is 0 Å². The van der Waals surface area contributed by atoms with Crippen LogP contribution in [0.5, 0.6) is 0 Å². The van der Waals surface area contributed by atoms with Crippen LogP contribution in [0.2, 0.25) is 0 Å². The summed E-state index contributed by atoms with van der Waals surface area (Å²) in [6.45, 7) is 7.70. The minimum absolute atomic E-state index is 0.101. The first-order chi connectivity index (χ1) is 5.08. The van der Waals surface area contributed by atoms with Gasteiger partial charge in [0.05, 0.1) is 12.1 Å². The van der Waals surface area contributed by atoms with E-state index in [4.69, 9.17) is 4.74 Å². The highest BCUT2D eigenvalue weighted by Gasteiger charge is 2.33. The third kappa shape index (κ3) is 1.53. The van der Waals surface area contributed by atoms with Crippen LogP contribution >= 0.6 is 0 Å². The van der Waals surface area contributed by atoms with Crippen LogP contribution in [0.15, 0.2) is 0 Å². The molecule has 3 heteroatoms. The summed E-state index contributed by atoms with van der Waals surface area (Å²) >= 11 is 0. The molecular weight excluding hydrogens is 142 g/mol. The molecule has 1 fully saturated rings. The summed E-state index contributed by atoms with van der Waals surface area (Å²) in [7, 11) is 0. The number of rotatable bonds is 1. The quantitative estimate of drug-likeness (QED) is 0.559. The number of amides is 1.